The highest BCUT2D eigenvalue weighted by Gasteiger charge is 2.84. The molecular weight excluding hydrogens is 607 g/mol. The molecule has 5 saturated carbocycles. The van der Waals surface area contributed by atoms with Crippen molar-refractivity contribution >= 4 is 5.97 Å². The zero-order chi connectivity index (χ0) is 34.3. The molecule has 0 amide bonds. The molecule has 5 aliphatic carbocycles. The molecule has 2 heterocycles. The Balaban J connectivity index is 1.14. The van der Waals surface area contributed by atoms with Crippen molar-refractivity contribution in [1.29, 1.82) is 0 Å². The third-order valence-corrected chi connectivity index (χ3v) is 15.8. The summed E-state index contributed by atoms with van der Waals surface area (Å²) in [6, 6.07) is 0. The van der Waals surface area contributed by atoms with E-state index in [4.69, 9.17) is 18.9 Å². The molecule has 2 spiro atoms. The highest BCUT2D eigenvalue weighted by atomic mass is 19.1. The molecule has 2 aliphatic heterocycles. The summed E-state index contributed by atoms with van der Waals surface area (Å²) in [5.41, 5.74) is -2.22. The topological polar surface area (TPSA) is 135 Å². The first kappa shape index (κ1) is 34.6. The fourth-order valence-electron chi connectivity index (χ4n) is 13.6. The van der Waals surface area contributed by atoms with Crippen molar-refractivity contribution < 1.29 is 48.6 Å². The van der Waals surface area contributed by atoms with E-state index in [9.17, 15) is 25.2 Å². The predicted octanol–water partition coefficient (Wildman–Crippen LogP) is 4.30. The van der Waals surface area contributed by atoms with Crippen LogP contribution in [-0.2, 0) is 23.7 Å². The molecule has 0 bridgehead atoms. The number of esters is 1. The molecule has 268 valence electrons. The molecule has 4 N–H and O–H groups in total. The second-order valence-electron chi connectivity index (χ2n) is 18.5. The number of aliphatic hydroxyl groups is 4. The molecule has 7 aliphatic rings. The number of fused-ring (bicyclic) bond motifs is 4. The molecule has 0 radical (unpaired) electrons. The molecule has 2 saturated heterocycles. The summed E-state index contributed by atoms with van der Waals surface area (Å²) < 4.78 is 39.8. The minimum atomic E-state index is -1.78. The Bertz CT molecular complexity index is 1250. The van der Waals surface area contributed by atoms with Gasteiger partial charge in [0, 0.05) is 12.3 Å². The third-order valence-electron chi connectivity index (χ3n) is 15.8. The van der Waals surface area contributed by atoms with E-state index >= 15 is 4.39 Å². The normalized spacial score (nSPS) is 55.4. The van der Waals surface area contributed by atoms with Crippen LogP contribution in [0.4, 0.5) is 4.39 Å². The van der Waals surface area contributed by atoms with Gasteiger partial charge in [0.15, 0.2) is 12.4 Å². The van der Waals surface area contributed by atoms with Crippen LogP contribution in [0.15, 0.2) is 0 Å². The summed E-state index contributed by atoms with van der Waals surface area (Å²) in [5.74, 6) is 0.502. The van der Waals surface area contributed by atoms with Gasteiger partial charge in [-0.2, -0.15) is 0 Å². The number of aliphatic hydroxyl groups excluding tert-OH is 4. The maximum Gasteiger partial charge on any atom is 0.303 e. The van der Waals surface area contributed by atoms with Crippen molar-refractivity contribution in [3.8, 4) is 0 Å². The first-order valence-electron chi connectivity index (χ1n) is 18.3. The van der Waals surface area contributed by atoms with Gasteiger partial charge in [-0.25, -0.2) is 4.39 Å². The van der Waals surface area contributed by atoms with E-state index < -0.39 is 60.7 Å². The molecule has 7 fully saturated rings. The fraction of sp³-hybridized carbons (Fsp3) is 0.973. The van der Waals surface area contributed by atoms with Crippen LogP contribution in [0.25, 0.3) is 0 Å². The summed E-state index contributed by atoms with van der Waals surface area (Å²) in [7, 11) is 0. The van der Waals surface area contributed by atoms with Crippen molar-refractivity contribution in [3.05, 3.63) is 0 Å². The van der Waals surface area contributed by atoms with E-state index in [0.717, 1.165) is 44.9 Å². The molecule has 17 atom stereocenters. The second-order valence-corrected chi connectivity index (χ2v) is 18.5. The second kappa shape index (κ2) is 10.8. The highest BCUT2D eigenvalue weighted by molar-refractivity contribution is 5.66. The minimum absolute atomic E-state index is 0.0745. The molecule has 10 heteroatoms. The van der Waals surface area contributed by atoms with Crippen molar-refractivity contribution in [3.63, 3.8) is 0 Å². The number of hydrogen-bond acceptors (Lipinski definition) is 9. The molecular formula is C37H59FO9. The number of alkyl halides is 1. The van der Waals surface area contributed by atoms with E-state index in [-0.39, 0.29) is 51.6 Å². The summed E-state index contributed by atoms with van der Waals surface area (Å²) in [6.07, 6.45) is 0.0281. The van der Waals surface area contributed by atoms with Gasteiger partial charge in [0.1, 0.15) is 24.0 Å². The lowest BCUT2D eigenvalue weighted by atomic mass is 9.41. The van der Waals surface area contributed by atoms with Crippen molar-refractivity contribution in [2.45, 2.75) is 168 Å². The Labute approximate surface area is 279 Å². The van der Waals surface area contributed by atoms with Crippen molar-refractivity contribution in [2.24, 2.45) is 50.7 Å². The van der Waals surface area contributed by atoms with Gasteiger partial charge in [0.05, 0.1) is 31.0 Å². The average molecular weight is 667 g/mol. The largest absolute Gasteiger partial charge is 0.456 e. The van der Waals surface area contributed by atoms with Gasteiger partial charge in [-0.1, -0.05) is 34.6 Å². The predicted molar refractivity (Wildman–Crippen MR) is 169 cm³/mol. The number of rotatable bonds is 5. The van der Waals surface area contributed by atoms with Gasteiger partial charge in [-0.15, -0.1) is 0 Å². The van der Waals surface area contributed by atoms with Gasteiger partial charge < -0.3 is 39.4 Å². The molecule has 7 rings (SSSR count). The first-order valence-corrected chi connectivity index (χ1v) is 18.3. The van der Waals surface area contributed by atoms with Crippen molar-refractivity contribution in [2.75, 3.05) is 6.61 Å². The van der Waals surface area contributed by atoms with Crippen LogP contribution in [0.5, 0.6) is 0 Å². The Kier molecular flexibility index (Phi) is 7.95. The van der Waals surface area contributed by atoms with Crippen LogP contribution in [0.3, 0.4) is 0 Å². The molecule has 47 heavy (non-hydrogen) atoms. The number of carbonyl (C=O) groups excluding carboxylic acids is 1. The van der Waals surface area contributed by atoms with Crippen LogP contribution >= 0.6 is 0 Å². The monoisotopic (exact) mass is 666 g/mol. The lowest BCUT2D eigenvalue weighted by Crippen LogP contribution is -2.61. The molecule has 17 unspecified atom stereocenters. The van der Waals surface area contributed by atoms with Crippen LogP contribution in [0.1, 0.15) is 107 Å². The van der Waals surface area contributed by atoms with Crippen LogP contribution in [0.2, 0.25) is 0 Å². The summed E-state index contributed by atoms with van der Waals surface area (Å²) in [5, 5.41) is 43.3. The highest BCUT2D eigenvalue weighted by Crippen LogP contribution is 2.89. The van der Waals surface area contributed by atoms with Crippen LogP contribution in [0, 0.1) is 50.7 Å². The number of halogens is 1. The van der Waals surface area contributed by atoms with Gasteiger partial charge in [0.2, 0.25) is 0 Å². The number of hydrogen-bond donors (Lipinski definition) is 4. The van der Waals surface area contributed by atoms with E-state index in [0.29, 0.717) is 18.3 Å². The lowest BCUT2D eigenvalue weighted by Gasteiger charge is -2.64. The van der Waals surface area contributed by atoms with E-state index in [1.807, 2.05) is 0 Å². The number of ether oxygens (including phenoxy) is 4. The standard InChI is InChI=1S/C37H59FO9/c1-18-15-21(30(33(5,6)38)45-19(2)39)46-28-25(18)34(7)13-14-37-17-36(37)12-11-24(47-31-27(42)26(41)20(40)16-44-31)32(3,4)22(36)9-10-23(37)35(34,8)29(28)43/h18,20-31,40-43H,9-17H2,1-8H3. The Morgan fingerprint density at radius 3 is 2.28 bits per heavy atom. The summed E-state index contributed by atoms with van der Waals surface area (Å²) in [4.78, 5) is 12.0. The van der Waals surface area contributed by atoms with E-state index in [1.165, 1.54) is 20.8 Å². The van der Waals surface area contributed by atoms with Gasteiger partial charge >= 0.3 is 5.97 Å². The SMILES string of the molecule is CC(=O)OC(C1CC(C)C2C(O1)C(O)C1(C)C3CCC4C(C)(C)C(OC5OCC(O)C(O)C5O)CCC45CC35CCC21C)C(C)(C)F. The average Bonchev–Trinajstić information content (AvgIpc) is 3.61. The van der Waals surface area contributed by atoms with Crippen molar-refractivity contribution in [1.82, 2.24) is 0 Å². The van der Waals surface area contributed by atoms with E-state index in [1.54, 1.807) is 0 Å². The Morgan fingerprint density at radius 1 is 0.957 bits per heavy atom. The Hall–Kier alpha value is -0.880. The summed E-state index contributed by atoms with van der Waals surface area (Å²) >= 11 is 0. The molecule has 0 aromatic rings. The molecule has 0 aromatic carbocycles. The van der Waals surface area contributed by atoms with E-state index in [2.05, 4.69) is 34.6 Å². The van der Waals surface area contributed by atoms with Crippen LogP contribution in [-0.4, -0.2) is 93.8 Å². The van der Waals surface area contributed by atoms with Gasteiger partial charge in [-0.3, -0.25) is 4.79 Å². The minimum Gasteiger partial charge on any atom is -0.456 e. The first-order chi connectivity index (χ1) is 21.8. The maximum atomic E-state index is 15.5. The fourth-order valence-corrected chi connectivity index (χ4v) is 13.6. The van der Waals surface area contributed by atoms with Gasteiger partial charge in [0.25, 0.3) is 0 Å². The molecule has 9 nitrogen and oxygen atoms in total. The third kappa shape index (κ3) is 4.53. The smallest absolute Gasteiger partial charge is 0.303 e. The quantitative estimate of drug-likeness (QED) is 0.250. The zero-order valence-electron chi connectivity index (χ0n) is 29.6. The van der Waals surface area contributed by atoms with Gasteiger partial charge in [-0.05, 0) is 111 Å². The lowest BCUT2D eigenvalue weighted by molar-refractivity contribution is -0.303. The zero-order valence-corrected chi connectivity index (χ0v) is 29.6. The van der Waals surface area contributed by atoms with Crippen LogP contribution < -0.4 is 0 Å². The summed E-state index contributed by atoms with van der Waals surface area (Å²) in [6.45, 7) is 15.6. The number of carbonyl (C=O) groups is 1. The molecule has 0 aromatic heterocycles. The maximum absolute atomic E-state index is 15.5. The Morgan fingerprint density at radius 2 is 1.62 bits per heavy atom.